The Balaban J connectivity index is 3.99. The van der Waals surface area contributed by atoms with Crippen LogP contribution in [0.25, 0.3) is 0 Å². The SMILES string of the molecule is CNC[C@@H](O)[C@@H](O)[C@H](O)[C@H](O)CO. The highest BCUT2D eigenvalue weighted by molar-refractivity contribution is 4.81. The number of aliphatic hydroxyl groups is 5. The molecule has 13 heavy (non-hydrogen) atoms. The van der Waals surface area contributed by atoms with Crippen molar-refractivity contribution in [3.8, 4) is 0 Å². The first kappa shape index (κ1) is 12.8. The van der Waals surface area contributed by atoms with Crippen molar-refractivity contribution in [2.24, 2.45) is 0 Å². The highest BCUT2D eigenvalue weighted by Gasteiger charge is 2.29. The van der Waals surface area contributed by atoms with Crippen LogP contribution in [-0.4, -0.2) is 70.1 Å². The Morgan fingerprint density at radius 1 is 1.00 bits per heavy atom. The molecule has 80 valence electrons. The van der Waals surface area contributed by atoms with Crippen LogP contribution in [0.1, 0.15) is 0 Å². The largest absolute Gasteiger partial charge is 0.394 e. The summed E-state index contributed by atoms with van der Waals surface area (Å²) in [4.78, 5) is 0. The molecule has 0 aliphatic rings. The zero-order valence-electron chi connectivity index (χ0n) is 7.46. The lowest BCUT2D eigenvalue weighted by Crippen LogP contribution is -2.48. The second kappa shape index (κ2) is 6.25. The van der Waals surface area contributed by atoms with E-state index in [0.717, 1.165) is 0 Å². The second-order valence-corrected chi connectivity index (χ2v) is 2.86. The van der Waals surface area contributed by atoms with Crippen molar-refractivity contribution in [1.82, 2.24) is 5.32 Å². The van der Waals surface area contributed by atoms with E-state index in [0.29, 0.717) is 0 Å². The quantitative estimate of drug-likeness (QED) is 0.264. The molecular weight excluding hydrogens is 178 g/mol. The molecule has 0 saturated carbocycles. The molecule has 0 bridgehead atoms. The van der Waals surface area contributed by atoms with Crippen LogP contribution in [0, 0.1) is 0 Å². The maximum absolute atomic E-state index is 9.21. The third-order valence-corrected chi connectivity index (χ3v) is 1.74. The zero-order valence-corrected chi connectivity index (χ0v) is 7.46. The summed E-state index contributed by atoms with van der Waals surface area (Å²) in [5, 5.41) is 47.5. The van der Waals surface area contributed by atoms with E-state index >= 15 is 0 Å². The Hall–Kier alpha value is -0.240. The van der Waals surface area contributed by atoms with E-state index in [1.54, 1.807) is 7.05 Å². The van der Waals surface area contributed by atoms with Crippen LogP contribution in [0.2, 0.25) is 0 Å². The fourth-order valence-electron chi connectivity index (χ4n) is 0.893. The summed E-state index contributed by atoms with van der Waals surface area (Å²) in [6, 6.07) is 0. The number of likely N-dealkylation sites (N-methyl/N-ethyl adjacent to an activating group) is 1. The molecule has 0 saturated heterocycles. The molecule has 0 amide bonds. The molecule has 4 atom stereocenters. The first-order chi connectivity index (χ1) is 6.04. The van der Waals surface area contributed by atoms with Crippen LogP contribution in [0.15, 0.2) is 0 Å². The summed E-state index contributed by atoms with van der Waals surface area (Å²) in [7, 11) is 1.57. The molecule has 0 unspecified atom stereocenters. The summed E-state index contributed by atoms with van der Waals surface area (Å²) in [6.45, 7) is -0.569. The summed E-state index contributed by atoms with van der Waals surface area (Å²) in [6.07, 6.45) is -5.65. The molecule has 0 spiro atoms. The van der Waals surface area contributed by atoms with Crippen LogP contribution >= 0.6 is 0 Å². The molecule has 0 aromatic heterocycles. The van der Waals surface area contributed by atoms with Crippen molar-refractivity contribution in [3.63, 3.8) is 0 Å². The lowest BCUT2D eigenvalue weighted by Gasteiger charge is -2.25. The molecule has 0 aliphatic heterocycles. The van der Waals surface area contributed by atoms with E-state index in [2.05, 4.69) is 5.32 Å². The molecule has 0 aliphatic carbocycles. The fraction of sp³-hybridized carbons (Fsp3) is 1.00. The van der Waals surface area contributed by atoms with Gasteiger partial charge in [0.15, 0.2) is 0 Å². The zero-order chi connectivity index (χ0) is 10.4. The topological polar surface area (TPSA) is 113 Å². The van der Waals surface area contributed by atoms with Gasteiger partial charge in [0.25, 0.3) is 0 Å². The lowest BCUT2D eigenvalue weighted by atomic mass is 10.0. The van der Waals surface area contributed by atoms with Gasteiger partial charge in [-0.15, -0.1) is 0 Å². The first-order valence-electron chi connectivity index (χ1n) is 4.02. The average molecular weight is 195 g/mol. The van der Waals surface area contributed by atoms with Crippen molar-refractivity contribution < 1.29 is 25.5 Å². The maximum Gasteiger partial charge on any atom is 0.111 e. The van der Waals surface area contributed by atoms with Crippen molar-refractivity contribution in [1.29, 1.82) is 0 Å². The Labute approximate surface area is 76.4 Å². The third kappa shape index (κ3) is 3.99. The van der Waals surface area contributed by atoms with Gasteiger partial charge in [-0.1, -0.05) is 0 Å². The molecule has 0 aromatic carbocycles. The molecule has 0 radical (unpaired) electrons. The smallest absolute Gasteiger partial charge is 0.111 e. The van der Waals surface area contributed by atoms with Gasteiger partial charge in [0.2, 0.25) is 0 Å². The summed E-state index contributed by atoms with van der Waals surface area (Å²) >= 11 is 0. The maximum atomic E-state index is 9.21. The van der Waals surface area contributed by atoms with Gasteiger partial charge in [-0.2, -0.15) is 0 Å². The first-order valence-corrected chi connectivity index (χ1v) is 4.02. The molecule has 6 heteroatoms. The van der Waals surface area contributed by atoms with Gasteiger partial charge in [0.1, 0.15) is 18.3 Å². The lowest BCUT2D eigenvalue weighted by molar-refractivity contribution is -0.113. The van der Waals surface area contributed by atoms with E-state index in [1.165, 1.54) is 0 Å². The van der Waals surface area contributed by atoms with E-state index in [-0.39, 0.29) is 6.54 Å². The minimum absolute atomic E-state index is 0.0936. The number of nitrogens with one attached hydrogen (secondary N) is 1. The van der Waals surface area contributed by atoms with E-state index in [4.69, 9.17) is 20.4 Å². The molecule has 6 N–H and O–H groups in total. The van der Waals surface area contributed by atoms with Gasteiger partial charge in [0.05, 0.1) is 12.7 Å². The van der Waals surface area contributed by atoms with Gasteiger partial charge in [-0.05, 0) is 7.05 Å². The molecule has 0 aromatic rings. The predicted octanol–water partition coefficient (Wildman–Crippen LogP) is -3.36. The van der Waals surface area contributed by atoms with Crippen molar-refractivity contribution >= 4 is 0 Å². The number of rotatable bonds is 6. The van der Waals surface area contributed by atoms with Crippen molar-refractivity contribution in [2.75, 3.05) is 20.2 Å². The Bertz CT molecular complexity index is 134. The molecule has 0 rings (SSSR count). The van der Waals surface area contributed by atoms with Gasteiger partial charge in [-0.3, -0.25) is 0 Å². The number of hydrogen-bond donors (Lipinski definition) is 6. The summed E-state index contributed by atoms with van der Waals surface area (Å²) < 4.78 is 0. The molecule has 0 fully saturated rings. The third-order valence-electron chi connectivity index (χ3n) is 1.74. The fourth-order valence-corrected chi connectivity index (χ4v) is 0.893. The Morgan fingerprint density at radius 2 is 1.46 bits per heavy atom. The van der Waals surface area contributed by atoms with Crippen LogP contribution in [0.3, 0.4) is 0 Å². The van der Waals surface area contributed by atoms with Gasteiger partial charge >= 0.3 is 0 Å². The number of hydrogen-bond acceptors (Lipinski definition) is 6. The standard InChI is InChI=1S/C7H17NO5/c1-8-2-4(10)6(12)7(13)5(11)3-9/h4-13H,2-3H2,1H3/t4-,5-,6-,7-/m1/s1. The van der Waals surface area contributed by atoms with Crippen molar-refractivity contribution in [3.05, 3.63) is 0 Å². The minimum atomic E-state index is -1.55. The Morgan fingerprint density at radius 3 is 1.85 bits per heavy atom. The van der Waals surface area contributed by atoms with Gasteiger partial charge < -0.3 is 30.8 Å². The summed E-state index contributed by atoms with van der Waals surface area (Å²) in [5.74, 6) is 0. The highest BCUT2D eigenvalue weighted by Crippen LogP contribution is 2.04. The number of aliphatic hydroxyl groups excluding tert-OH is 5. The molecular formula is C7H17NO5. The normalized spacial score (nSPS) is 20.8. The second-order valence-electron chi connectivity index (χ2n) is 2.86. The predicted molar refractivity (Wildman–Crippen MR) is 45.0 cm³/mol. The minimum Gasteiger partial charge on any atom is -0.394 e. The van der Waals surface area contributed by atoms with Gasteiger partial charge in [-0.25, -0.2) is 0 Å². The van der Waals surface area contributed by atoms with Gasteiger partial charge in [0, 0.05) is 6.54 Å². The van der Waals surface area contributed by atoms with Crippen molar-refractivity contribution in [2.45, 2.75) is 24.4 Å². The Kier molecular flexibility index (Phi) is 6.13. The van der Waals surface area contributed by atoms with Crippen LogP contribution in [0.5, 0.6) is 0 Å². The summed E-state index contributed by atoms with van der Waals surface area (Å²) in [5.41, 5.74) is 0. The monoisotopic (exact) mass is 195 g/mol. The van der Waals surface area contributed by atoms with Crippen LogP contribution in [0.4, 0.5) is 0 Å². The van der Waals surface area contributed by atoms with E-state index in [9.17, 15) is 5.11 Å². The molecule has 0 heterocycles. The van der Waals surface area contributed by atoms with E-state index < -0.39 is 31.0 Å². The van der Waals surface area contributed by atoms with Crippen LogP contribution in [-0.2, 0) is 0 Å². The van der Waals surface area contributed by atoms with E-state index in [1.807, 2.05) is 0 Å². The molecule has 6 nitrogen and oxygen atoms in total. The van der Waals surface area contributed by atoms with Crippen LogP contribution < -0.4 is 5.32 Å². The average Bonchev–Trinajstić information content (AvgIpc) is 2.14. The highest BCUT2D eigenvalue weighted by atomic mass is 16.4.